The Kier molecular flexibility index (Phi) is 6.69. The van der Waals surface area contributed by atoms with Crippen molar-refractivity contribution in [1.29, 1.82) is 0 Å². The summed E-state index contributed by atoms with van der Waals surface area (Å²) in [5.74, 6) is -2.45. The van der Waals surface area contributed by atoms with E-state index in [2.05, 4.69) is 5.32 Å². The van der Waals surface area contributed by atoms with Crippen LogP contribution in [0.5, 0.6) is 0 Å². The molecule has 1 aliphatic heterocycles. The highest BCUT2D eigenvalue weighted by atomic mass is 32.2. The third kappa shape index (κ3) is 4.74. The zero-order chi connectivity index (χ0) is 26.0. The maximum Gasteiger partial charge on any atom is 0.338 e. The summed E-state index contributed by atoms with van der Waals surface area (Å²) in [6, 6.07) is 17.8. The van der Waals surface area contributed by atoms with Gasteiger partial charge in [0.15, 0.2) is 6.61 Å². The Hall–Kier alpha value is -4.35. The number of benzene rings is 3. The Morgan fingerprint density at radius 2 is 1.50 bits per heavy atom. The van der Waals surface area contributed by atoms with Gasteiger partial charge in [-0.2, -0.15) is 0 Å². The summed E-state index contributed by atoms with van der Waals surface area (Å²) in [6.07, 6.45) is 0. The fraction of sp³-hybridized carbons (Fsp3) is 0.120. The first-order valence-corrected chi connectivity index (χ1v) is 12.1. The van der Waals surface area contributed by atoms with Crippen LogP contribution in [-0.4, -0.2) is 57.1 Å². The first-order valence-electron chi connectivity index (χ1n) is 10.7. The highest BCUT2D eigenvalue weighted by Gasteiger charge is 2.36. The number of nitrogens with one attached hydrogen (secondary N) is 1. The first-order chi connectivity index (χ1) is 17.1. The van der Waals surface area contributed by atoms with E-state index in [-0.39, 0.29) is 27.3 Å². The van der Waals surface area contributed by atoms with Gasteiger partial charge in [0.1, 0.15) is 0 Å². The number of imide groups is 1. The van der Waals surface area contributed by atoms with Crippen LogP contribution in [0.25, 0.3) is 0 Å². The summed E-state index contributed by atoms with van der Waals surface area (Å²) in [5.41, 5.74) is 1.13. The molecule has 0 saturated heterocycles. The van der Waals surface area contributed by atoms with Gasteiger partial charge in [0, 0.05) is 19.8 Å². The summed E-state index contributed by atoms with van der Waals surface area (Å²) in [6.45, 7) is -0.603. The molecule has 1 aliphatic rings. The van der Waals surface area contributed by atoms with Crippen molar-refractivity contribution in [3.05, 3.63) is 89.5 Å². The van der Waals surface area contributed by atoms with E-state index in [1.54, 1.807) is 24.3 Å². The maximum atomic E-state index is 12.7. The Balaban J connectivity index is 1.38. The van der Waals surface area contributed by atoms with E-state index in [1.165, 1.54) is 62.6 Å². The predicted molar refractivity (Wildman–Crippen MR) is 130 cm³/mol. The third-order valence-corrected chi connectivity index (χ3v) is 7.21. The summed E-state index contributed by atoms with van der Waals surface area (Å²) in [7, 11) is -0.778. The lowest BCUT2D eigenvalue weighted by Gasteiger charge is -2.15. The van der Waals surface area contributed by atoms with Gasteiger partial charge >= 0.3 is 5.97 Å². The summed E-state index contributed by atoms with van der Waals surface area (Å²) in [4.78, 5) is 51.1. The molecule has 0 aromatic heterocycles. The van der Waals surface area contributed by atoms with Crippen LogP contribution in [0, 0.1) is 0 Å². The topological polar surface area (TPSA) is 130 Å². The molecule has 0 aliphatic carbocycles. The van der Waals surface area contributed by atoms with Crippen LogP contribution in [0.4, 0.5) is 11.4 Å². The van der Waals surface area contributed by atoms with E-state index in [1.807, 2.05) is 0 Å². The van der Waals surface area contributed by atoms with Crippen molar-refractivity contribution in [3.8, 4) is 0 Å². The molecule has 184 valence electrons. The number of carbonyl (C=O) groups excluding carboxylic acids is 4. The van der Waals surface area contributed by atoms with Gasteiger partial charge in [0.05, 0.1) is 27.3 Å². The van der Waals surface area contributed by atoms with Crippen molar-refractivity contribution < 1.29 is 32.3 Å². The Labute approximate surface area is 207 Å². The molecule has 3 amide bonds. The maximum absolute atomic E-state index is 12.7. The second kappa shape index (κ2) is 9.72. The fourth-order valence-corrected chi connectivity index (χ4v) is 4.43. The largest absolute Gasteiger partial charge is 0.452 e. The number of sulfonamides is 1. The molecule has 0 radical (unpaired) electrons. The molecule has 1 N–H and O–H groups in total. The van der Waals surface area contributed by atoms with Crippen LogP contribution >= 0.6 is 0 Å². The molecule has 3 aromatic rings. The van der Waals surface area contributed by atoms with E-state index in [4.69, 9.17) is 4.74 Å². The molecule has 11 heteroatoms. The van der Waals surface area contributed by atoms with E-state index < -0.39 is 40.3 Å². The molecule has 0 unspecified atom stereocenters. The van der Waals surface area contributed by atoms with Crippen molar-refractivity contribution in [2.24, 2.45) is 0 Å². The van der Waals surface area contributed by atoms with Gasteiger partial charge in [-0.05, 0) is 54.6 Å². The van der Waals surface area contributed by atoms with Gasteiger partial charge < -0.3 is 10.1 Å². The fourth-order valence-electron chi connectivity index (χ4n) is 3.53. The van der Waals surface area contributed by atoms with Crippen LogP contribution in [0.2, 0.25) is 0 Å². The van der Waals surface area contributed by atoms with Gasteiger partial charge in [0.2, 0.25) is 10.0 Å². The number of esters is 1. The van der Waals surface area contributed by atoms with E-state index in [0.717, 1.165) is 9.21 Å². The van der Waals surface area contributed by atoms with Gasteiger partial charge in [-0.1, -0.05) is 18.2 Å². The molecule has 0 saturated carbocycles. The van der Waals surface area contributed by atoms with Gasteiger partial charge in [-0.15, -0.1) is 0 Å². The molecule has 0 atom stereocenters. The summed E-state index contributed by atoms with van der Waals surface area (Å²) in [5, 5.41) is 2.51. The average Bonchev–Trinajstić information content (AvgIpc) is 3.12. The Bertz CT molecular complexity index is 1450. The van der Waals surface area contributed by atoms with Gasteiger partial charge in [0.25, 0.3) is 17.7 Å². The number of hydrogen-bond acceptors (Lipinski definition) is 7. The number of fused-ring (bicyclic) bond motifs is 1. The Morgan fingerprint density at radius 3 is 2.08 bits per heavy atom. The second-order valence-electron chi connectivity index (χ2n) is 7.98. The minimum absolute atomic E-state index is 0.0510. The van der Waals surface area contributed by atoms with E-state index in [9.17, 15) is 27.6 Å². The van der Waals surface area contributed by atoms with Crippen molar-refractivity contribution in [3.63, 3.8) is 0 Å². The summed E-state index contributed by atoms with van der Waals surface area (Å²) < 4.78 is 30.4. The smallest absolute Gasteiger partial charge is 0.338 e. The van der Waals surface area contributed by atoms with Crippen LogP contribution in [0.3, 0.4) is 0 Å². The first kappa shape index (κ1) is 24.8. The molecule has 1 heterocycles. The van der Waals surface area contributed by atoms with Crippen molar-refractivity contribution in [1.82, 2.24) is 4.31 Å². The lowest BCUT2D eigenvalue weighted by atomic mass is 10.1. The molecule has 10 nitrogen and oxygen atoms in total. The quantitative estimate of drug-likeness (QED) is 0.384. The Morgan fingerprint density at radius 1 is 0.889 bits per heavy atom. The molecule has 0 spiro atoms. The SMILES string of the molecule is CN(C)S(=O)(=O)c1ccc(NC(=O)COC(=O)c2cccc(N3C(=O)c4ccccc4C3=O)c2)cc1. The number of ether oxygens (including phenoxy) is 1. The zero-order valence-corrected chi connectivity index (χ0v) is 20.1. The van der Waals surface area contributed by atoms with Gasteiger partial charge in [-0.25, -0.2) is 22.4 Å². The lowest BCUT2D eigenvalue weighted by Crippen LogP contribution is -2.29. The molecule has 36 heavy (non-hydrogen) atoms. The normalized spacial score (nSPS) is 13.0. The molecule has 0 bridgehead atoms. The highest BCUT2D eigenvalue weighted by molar-refractivity contribution is 7.89. The average molecular weight is 508 g/mol. The zero-order valence-electron chi connectivity index (χ0n) is 19.3. The van der Waals surface area contributed by atoms with Gasteiger partial charge in [-0.3, -0.25) is 14.4 Å². The number of anilines is 2. The monoisotopic (exact) mass is 507 g/mol. The number of amides is 3. The van der Waals surface area contributed by atoms with Crippen molar-refractivity contribution in [2.45, 2.75) is 4.90 Å². The summed E-state index contributed by atoms with van der Waals surface area (Å²) >= 11 is 0. The molecule has 0 fully saturated rings. The molecular formula is C25H21N3O7S. The van der Waals surface area contributed by atoms with Crippen LogP contribution in [-0.2, 0) is 19.6 Å². The predicted octanol–water partition coefficient (Wildman–Crippen LogP) is 2.53. The van der Waals surface area contributed by atoms with Crippen molar-refractivity contribution >= 4 is 45.1 Å². The second-order valence-corrected chi connectivity index (χ2v) is 10.1. The molecule has 4 rings (SSSR count). The molecular weight excluding hydrogens is 486 g/mol. The number of carbonyl (C=O) groups is 4. The standard InChI is InChI=1S/C25H21N3O7S/c1-27(2)36(33,34)19-12-10-17(11-13-19)26-22(29)15-35-25(32)16-6-5-7-18(14-16)28-23(30)20-8-3-4-9-21(20)24(28)31/h3-14H,15H2,1-2H3,(H,26,29). The van der Waals surface area contributed by atoms with E-state index >= 15 is 0 Å². The number of hydrogen-bond donors (Lipinski definition) is 1. The molecule has 3 aromatic carbocycles. The highest BCUT2D eigenvalue weighted by Crippen LogP contribution is 2.28. The minimum Gasteiger partial charge on any atom is -0.452 e. The van der Waals surface area contributed by atoms with Crippen LogP contribution in [0.1, 0.15) is 31.1 Å². The lowest BCUT2D eigenvalue weighted by molar-refractivity contribution is -0.119. The van der Waals surface area contributed by atoms with Crippen LogP contribution < -0.4 is 10.2 Å². The number of rotatable bonds is 7. The van der Waals surface area contributed by atoms with E-state index in [0.29, 0.717) is 5.69 Å². The van der Waals surface area contributed by atoms with Crippen LogP contribution in [0.15, 0.2) is 77.7 Å². The minimum atomic E-state index is -3.60. The van der Waals surface area contributed by atoms with Crippen molar-refractivity contribution in [2.75, 3.05) is 30.9 Å². The number of nitrogens with zero attached hydrogens (tertiary/aromatic N) is 2. The third-order valence-electron chi connectivity index (χ3n) is 5.39.